The summed E-state index contributed by atoms with van der Waals surface area (Å²) in [5.74, 6) is 4.77. The van der Waals surface area contributed by atoms with Crippen molar-refractivity contribution in [3.05, 3.63) is 0 Å². The van der Waals surface area contributed by atoms with Gasteiger partial charge < -0.3 is 0 Å². The molecule has 0 aliphatic rings. The Labute approximate surface area is 48.5 Å². The van der Waals surface area contributed by atoms with E-state index >= 15 is 0 Å². The van der Waals surface area contributed by atoms with Crippen LogP contribution in [-0.2, 0) is 4.79 Å². The third kappa shape index (κ3) is 5.45. The van der Waals surface area contributed by atoms with Gasteiger partial charge in [-0.25, -0.2) is 0 Å². The SMILES string of the molecule is CCC#CC(=O)[S]. The molecule has 0 bridgehead atoms. The predicted octanol–water partition coefficient (Wildman–Crippen LogP) is 1.12. The lowest BCUT2D eigenvalue weighted by molar-refractivity contribution is -0.106. The number of hydrogen-bond donors (Lipinski definition) is 0. The van der Waals surface area contributed by atoms with Gasteiger partial charge in [-0.2, -0.15) is 0 Å². The molecule has 0 unspecified atom stereocenters. The van der Waals surface area contributed by atoms with Crippen molar-refractivity contribution in [1.82, 2.24) is 0 Å². The molecular formula is C5H5OS. The third-order valence-corrected chi connectivity index (χ3v) is 0.469. The van der Waals surface area contributed by atoms with E-state index in [2.05, 4.69) is 24.5 Å². The van der Waals surface area contributed by atoms with Gasteiger partial charge in [0.25, 0.3) is 5.12 Å². The second-order valence-corrected chi connectivity index (χ2v) is 1.31. The second-order valence-electron chi connectivity index (χ2n) is 0.943. The van der Waals surface area contributed by atoms with Crippen LogP contribution in [0.15, 0.2) is 0 Å². The van der Waals surface area contributed by atoms with Crippen LogP contribution in [0.5, 0.6) is 0 Å². The number of carbonyl (C=O) groups is 1. The Balaban J connectivity index is 3.45. The molecule has 0 amide bonds. The van der Waals surface area contributed by atoms with Gasteiger partial charge in [0.05, 0.1) is 0 Å². The molecule has 0 N–H and O–H groups in total. The molecule has 2 heteroatoms. The molecule has 0 aromatic rings. The van der Waals surface area contributed by atoms with Crippen LogP contribution in [0, 0.1) is 11.8 Å². The van der Waals surface area contributed by atoms with E-state index in [4.69, 9.17) is 0 Å². The summed E-state index contributed by atoms with van der Waals surface area (Å²) in [5.41, 5.74) is 0. The molecule has 0 atom stereocenters. The monoisotopic (exact) mass is 113 g/mol. The summed E-state index contributed by atoms with van der Waals surface area (Å²) in [7, 11) is 0. The zero-order chi connectivity index (χ0) is 5.70. The number of hydrogen-bond acceptors (Lipinski definition) is 1. The van der Waals surface area contributed by atoms with Crippen molar-refractivity contribution in [2.75, 3.05) is 0 Å². The molecule has 0 aliphatic heterocycles. The maximum absolute atomic E-state index is 9.84. The van der Waals surface area contributed by atoms with Crippen LogP contribution in [0.4, 0.5) is 0 Å². The van der Waals surface area contributed by atoms with E-state index in [0.29, 0.717) is 6.42 Å². The Bertz CT molecular complexity index is 118. The highest BCUT2D eigenvalue weighted by Gasteiger charge is 1.78. The first-order chi connectivity index (χ1) is 3.27. The van der Waals surface area contributed by atoms with Gasteiger partial charge in [0.15, 0.2) is 0 Å². The fourth-order valence-electron chi connectivity index (χ4n) is 0.161. The van der Waals surface area contributed by atoms with Crippen molar-refractivity contribution in [2.45, 2.75) is 13.3 Å². The summed E-state index contributed by atoms with van der Waals surface area (Å²) in [6, 6.07) is 0. The molecule has 0 saturated heterocycles. The van der Waals surface area contributed by atoms with Crippen LogP contribution in [0.3, 0.4) is 0 Å². The molecule has 1 radical (unpaired) electrons. The summed E-state index contributed by atoms with van der Waals surface area (Å²) in [4.78, 5) is 9.84. The topological polar surface area (TPSA) is 17.1 Å². The third-order valence-electron chi connectivity index (χ3n) is 0.367. The summed E-state index contributed by atoms with van der Waals surface area (Å²) in [6.07, 6.45) is 0.697. The molecule has 1 nitrogen and oxygen atoms in total. The Morgan fingerprint density at radius 1 is 1.86 bits per heavy atom. The lowest BCUT2D eigenvalue weighted by atomic mass is 10.5. The van der Waals surface area contributed by atoms with E-state index in [1.54, 1.807) is 0 Å². The van der Waals surface area contributed by atoms with Crippen molar-refractivity contribution in [3.8, 4) is 11.8 Å². The normalized spacial score (nSPS) is 6.43. The zero-order valence-electron chi connectivity index (χ0n) is 4.02. The van der Waals surface area contributed by atoms with Crippen LogP contribution in [-0.4, -0.2) is 5.12 Å². The number of rotatable bonds is 0. The van der Waals surface area contributed by atoms with E-state index < -0.39 is 5.12 Å². The molecule has 0 rings (SSSR count). The van der Waals surface area contributed by atoms with Gasteiger partial charge >= 0.3 is 0 Å². The van der Waals surface area contributed by atoms with Crippen molar-refractivity contribution in [2.24, 2.45) is 0 Å². The van der Waals surface area contributed by atoms with Gasteiger partial charge in [-0.3, -0.25) is 4.79 Å². The van der Waals surface area contributed by atoms with Crippen molar-refractivity contribution in [1.29, 1.82) is 0 Å². The molecule has 0 heterocycles. The summed E-state index contributed by atoms with van der Waals surface area (Å²) in [6.45, 7) is 1.87. The van der Waals surface area contributed by atoms with Gasteiger partial charge in [-0.05, 0) is 18.5 Å². The maximum atomic E-state index is 9.84. The van der Waals surface area contributed by atoms with Crippen molar-refractivity contribution in [3.63, 3.8) is 0 Å². The van der Waals surface area contributed by atoms with Gasteiger partial charge in [-0.1, -0.05) is 12.8 Å². The highest BCUT2D eigenvalue weighted by atomic mass is 32.1. The highest BCUT2D eigenvalue weighted by Crippen LogP contribution is 1.73. The second kappa shape index (κ2) is 3.63. The largest absolute Gasteiger partial charge is 0.293 e. The summed E-state index contributed by atoms with van der Waals surface area (Å²) < 4.78 is 0. The molecule has 0 fully saturated rings. The maximum Gasteiger partial charge on any atom is 0.293 e. The first kappa shape index (κ1) is 6.45. The lowest BCUT2D eigenvalue weighted by Gasteiger charge is -1.64. The smallest absolute Gasteiger partial charge is 0.267 e. The van der Waals surface area contributed by atoms with Gasteiger partial charge in [0, 0.05) is 6.42 Å². The Hall–Kier alpha value is -0.550. The van der Waals surface area contributed by atoms with Gasteiger partial charge in [0.2, 0.25) is 0 Å². The molecule has 0 saturated carbocycles. The van der Waals surface area contributed by atoms with E-state index in [0.717, 1.165) is 0 Å². The molecule has 7 heavy (non-hydrogen) atoms. The zero-order valence-corrected chi connectivity index (χ0v) is 4.84. The fourth-order valence-corrected chi connectivity index (χ4v) is 0.233. The fraction of sp³-hybridized carbons (Fsp3) is 0.400. The van der Waals surface area contributed by atoms with Gasteiger partial charge in [0.1, 0.15) is 0 Å². The van der Waals surface area contributed by atoms with E-state index in [-0.39, 0.29) is 0 Å². The average molecular weight is 113 g/mol. The van der Waals surface area contributed by atoms with Crippen LogP contribution in [0.25, 0.3) is 0 Å². The minimum atomic E-state index is -0.471. The van der Waals surface area contributed by atoms with Crippen LogP contribution in [0.2, 0.25) is 0 Å². The van der Waals surface area contributed by atoms with Crippen LogP contribution < -0.4 is 0 Å². The van der Waals surface area contributed by atoms with E-state index in [1.165, 1.54) is 0 Å². The summed E-state index contributed by atoms with van der Waals surface area (Å²) >= 11 is 4.13. The van der Waals surface area contributed by atoms with Crippen molar-refractivity contribution >= 4 is 17.7 Å². The molecule has 0 aliphatic carbocycles. The molecular weight excluding hydrogens is 108 g/mol. The highest BCUT2D eigenvalue weighted by molar-refractivity contribution is 7.97. The first-order valence-corrected chi connectivity index (χ1v) is 2.38. The van der Waals surface area contributed by atoms with E-state index in [9.17, 15) is 4.79 Å². The molecule has 0 aromatic heterocycles. The Morgan fingerprint density at radius 3 is 2.57 bits per heavy atom. The predicted molar refractivity (Wildman–Crippen MR) is 30.7 cm³/mol. The summed E-state index contributed by atoms with van der Waals surface area (Å²) in [5, 5.41) is -0.471. The molecule has 0 spiro atoms. The Kier molecular flexibility index (Phi) is 3.35. The first-order valence-electron chi connectivity index (χ1n) is 1.97. The Morgan fingerprint density at radius 2 is 2.43 bits per heavy atom. The lowest BCUT2D eigenvalue weighted by Crippen LogP contribution is -1.73. The van der Waals surface area contributed by atoms with Crippen LogP contribution >= 0.6 is 12.6 Å². The quantitative estimate of drug-likeness (QED) is 0.430. The minimum Gasteiger partial charge on any atom is -0.267 e. The van der Waals surface area contributed by atoms with Crippen LogP contribution in [0.1, 0.15) is 13.3 Å². The molecule has 37 valence electrons. The standard InChI is InChI=1S/C5H5OS/c1-2-3-4-5(6)7/h2H2,1H3. The average Bonchev–Trinajstić information content (AvgIpc) is 1.61. The minimum absolute atomic E-state index is 0.471. The number of carbonyl (C=O) groups excluding carboxylic acids is 1. The molecule has 0 aromatic carbocycles. The van der Waals surface area contributed by atoms with Crippen molar-refractivity contribution < 1.29 is 4.79 Å². The van der Waals surface area contributed by atoms with Gasteiger partial charge in [-0.15, -0.1) is 0 Å². The van der Waals surface area contributed by atoms with E-state index in [1.807, 2.05) is 6.92 Å².